The zero-order chi connectivity index (χ0) is 19.2. The van der Waals surface area contributed by atoms with Gasteiger partial charge >= 0.3 is 6.03 Å². The predicted molar refractivity (Wildman–Crippen MR) is 96.0 cm³/mol. The first-order valence-electron chi connectivity index (χ1n) is 8.83. The van der Waals surface area contributed by atoms with Gasteiger partial charge in [0.15, 0.2) is 0 Å². The number of carbonyl (C=O) groups excluding carboxylic acids is 2. The Morgan fingerprint density at radius 1 is 1.26 bits per heavy atom. The molecule has 3 amide bonds. The number of rotatable bonds is 4. The molecule has 2 aromatic carbocycles. The van der Waals surface area contributed by atoms with Crippen LogP contribution in [-0.2, 0) is 10.3 Å². The SMILES string of the molecule is C[C@H](NC(=O)CN1C(=O)Nc2ccccc2C12CC2)c1ccc(F)cc1F. The summed E-state index contributed by atoms with van der Waals surface area (Å²) in [5.41, 5.74) is 1.54. The number of anilines is 1. The Labute approximate surface area is 155 Å². The molecule has 1 aliphatic carbocycles. The Bertz CT molecular complexity index is 927. The highest BCUT2D eigenvalue weighted by atomic mass is 19.1. The van der Waals surface area contributed by atoms with Crippen LogP contribution in [0.4, 0.5) is 19.3 Å². The summed E-state index contributed by atoms with van der Waals surface area (Å²) in [6.45, 7) is 1.49. The van der Waals surface area contributed by atoms with E-state index in [4.69, 9.17) is 0 Å². The molecule has 0 unspecified atom stereocenters. The van der Waals surface area contributed by atoms with E-state index in [0.717, 1.165) is 36.2 Å². The van der Waals surface area contributed by atoms with Gasteiger partial charge in [-0.3, -0.25) is 4.79 Å². The molecule has 0 bridgehead atoms. The summed E-state index contributed by atoms with van der Waals surface area (Å²) in [6.07, 6.45) is 1.60. The molecule has 1 fully saturated rings. The molecule has 1 aliphatic heterocycles. The average molecular weight is 371 g/mol. The van der Waals surface area contributed by atoms with Crippen LogP contribution in [0.3, 0.4) is 0 Å². The van der Waals surface area contributed by atoms with Gasteiger partial charge in [0.25, 0.3) is 0 Å². The van der Waals surface area contributed by atoms with Crippen molar-refractivity contribution in [2.45, 2.75) is 31.3 Å². The first kappa shape index (κ1) is 17.5. The van der Waals surface area contributed by atoms with E-state index in [1.165, 1.54) is 6.07 Å². The second kappa shape index (κ2) is 6.33. The molecule has 1 heterocycles. The van der Waals surface area contributed by atoms with Crippen LogP contribution in [0.25, 0.3) is 0 Å². The van der Waals surface area contributed by atoms with Crippen molar-refractivity contribution in [1.82, 2.24) is 10.2 Å². The minimum atomic E-state index is -0.717. The van der Waals surface area contributed by atoms with Gasteiger partial charge in [-0.05, 0) is 31.9 Å². The lowest BCUT2D eigenvalue weighted by Crippen LogP contribution is -2.51. The number of urea groups is 1. The number of fused-ring (bicyclic) bond motifs is 2. The Morgan fingerprint density at radius 2 is 2.00 bits per heavy atom. The van der Waals surface area contributed by atoms with E-state index >= 15 is 0 Å². The molecule has 2 aromatic rings. The van der Waals surface area contributed by atoms with Gasteiger partial charge in [0.2, 0.25) is 5.91 Å². The van der Waals surface area contributed by atoms with E-state index in [1.807, 2.05) is 24.3 Å². The highest BCUT2D eigenvalue weighted by Crippen LogP contribution is 2.55. The summed E-state index contributed by atoms with van der Waals surface area (Å²) in [5, 5.41) is 5.51. The van der Waals surface area contributed by atoms with Crippen LogP contribution in [0, 0.1) is 11.6 Å². The zero-order valence-corrected chi connectivity index (χ0v) is 14.8. The van der Waals surface area contributed by atoms with Gasteiger partial charge in [-0.25, -0.2) is 13.6 Å². The minimum Gasteiger partial charge on any atom is -0.348 e. The van der Waals surface area contributed by atoms with Gasteiger partial charge < -0.3 is 15.5 Å². The third-order valence-electron chi connectivity index (χ3n) is 5.26. The summed E-state index contributed by atoms with van der Waals surface area (Å²) in [6, 6.07) is 9.86. The maximum absolute atomic E-state index is 13.9. The lowest BCUT2D eigenvalue weighted by molar-refractivity contribution is -0.123. The molecule has 27 heavy (non-hydrogen) atoms. The fourth-order valence-electron chi connectivity index (χ4n) is 3.76. The maximum atomic E-state index is 13.9. The highest BCUT2D eigenvalue weighted by molar-refractivity contribution is 5.96. The highest BCUT2D eigenvalue weighted by Gasteiger charge is 2.55. The standard InChI is InChI=1S/C20H19F2N3O2/c1-12(14-7-6-13(21)10-16(14)22)23-18(26)11-25-19(27)24-17-5-3-2-4-15(17)20(25)8-9-20/h2-7,10,12H,8-9,11H2,1H3,(H,23,26)(H,24,27)/t12-/m0/s1. The Kier molecular flexibility index (Phi) is 4.09. The van der Waals surface area contributed by atoms with Crippen LogP contribution in [0.1, 0.15) is 36.9 Å². The largest absolute Gasteiger partial charge is 0.348 e. The van der Waals surface area contributed by atoms with Gasteiger partial charge in [-0.15, -0.1) is 0 Å². The van der Waals surface area contributed by atoms with E-state index in [-0.39, 0.29) is 18.1 Å². The number of amides is 3. The van der Waals surface area contributed by atoms with Crippen LogP contribution in [0.15, 0.2) is 42.5 Å². The molecule has 5 nitrogen and oxygen atoms in total. The monoisotopic (exact) mass is 371 g/mol. The number of benzene rings is 2. The number of halogens is 2. The molecule has 0 saturated heterocycles. The summed E-state index contributed by atoms with van der Waals surface area (Å²) in [5.74, 6) is -1.78. The van der Waals surface area contributed by atoms with Crippen molar-refractivity contribution in [2.24, 2.45) is 0 Å². The lowest BCUT2D eigenvalue weighted by atomic mass is 9.98. The number of nitrogens with one attached hydrogen (secondary N) is 2. The van der Waals surface area contributed by atoms with Crippen molar-refractivity contribution < 1.29 is 18.4 Å². The topological polar surface area (TPSA) is 61.4 Å². The van der Waals surface area contributed by atoms with E-state index in [9.17, 15) is 18.4 Å². The zero-order valence-electron chi connectivity index (χ0n) is 14.8. The van der Waals surface area contributed by atoms with Crippen LogP contribution in [0.5, 0.6) is 0 Å². The molecule has 1 saturated carbocycles. The smallest absolute Gasteiger partial charge is 0.323 e. The molecule has 1 spiro atoms. The van der Waals surface area contributed by atoms with E-state index < -0.39 is 29.1 Å². The number of nitrogens with zero attached hydrogens (tertiary/aromatic N) is 1. The second-order valence-corrected chi connectivity index (χ2v) is 7.05. The fourth-order valence-corrected chi connectivity index (χ4v) is 3.76. The van der Waals surface area contributed by atoms with Crippen molar-refractivity contribution >= 4 is 17.6 Å². The van der Waals surface area contributed by atoms with E-state index in [0.29, 0.717) is 0 Å². The molecule has 7 heteroatoms. The van der Waals surface area contributed by atoms with E-state index in [1.54, 1.807) is 11.8 Å². The summed E-state index contributed by atoms with van der Waals surface area (Å²) >= 11 is 0. The van der Waals surface area contributed by atoms with Gasteiger partial charge in [-0.2, -0.15) is 0 Å². The average Bonchev–Trinajstić information content (AvgIpc) is 3.40. The van der Waals surface area contributed by atoms with Gasteiger partial charge in [0.05, 0.1) is 11.6 Å². The Hall–Kier alpha value is -2.96. The molecule has 1 atom stereocenters. The molecule has 140 valence electrons. The van der Waals surface area contributed by atoms with Crippen molar-refractivity contribution in [2.75, 3.05) is 11.9 Å². The molecule has 4 rings (SSSR count). The normalized spacial score (nSPS) is 17.9. The Morgan fingerprint density at radius 3 is 2.70 bits per heavy atom. The maximum Gasteiger partial charge on any atom is 0.323 e. The van der Waals surface area contributed by atoms with Gasteiger partial charge in [0, 0.05) is 22.9 Å². The van der Waals surface area contributed by atoms with Crippen molar-refractivity contribution in [1.29, 1.82) is 0 Å². The molecule has 2 N–H and O–H groups in total. The van der Waals surface area contributed by atoms with Crippen LogP contribution in [0.2, 0.25) is 0 Å². The number of hydrogen-bond donors (Lipinski definition) is 2. The van der Waals surface area contributed by atoms with Crippen LogP contribution < -0.4 is 10.6 Å². The summed E-state index contributed by atoms with van der Waals surface area (Å²) in [4.78, 5) is 26.6. The van der Waals surface area contributed by atoms with Crippen LogP contribution in [-0.4, -0.2) is 23.4 Å². The van der Waals surface area contributed by atoms with Crippen molar-refractivity contribution in [3.63, 3.8) is 0 Å². The lowest BCUT2D eigenvalue weighted by Gasteiger charge is -2.37. The number of para-hydroxylation sites is 1. The van der Waals surface area contributed by atoms with Gasteiger partial charge in [-0.1, -0.05) is 24.3 Å². The molecule has 2 aliphatic rings. The van der Waals surface area contributed by atoms with E-state index in [2.05, 4.69) is 10.6 Å². The third-order valence-corrected chi connectivity index (χ3v) is 5.26. The van der Waals surface area contributed by atoms with Crippen LogP contribution >= 0.6 is 0 Å². The predicted octanol–water partition coefficient (Wildman–Crippen LogP) is 3.68. The molecule has 0 aromatic heterocycles. The first-order valence-corrected chi connectivity index (χ1v) is 8.83. The second-order valence-electron chi connectivity index (χ2n) is 7.05. The Balaban J connectivity index is 1.49. The third kappa shape index (κ3) is 3.03. The summed E-state index contributed by atoms with van der Waals surface area (Å²) < 4.78 is 27.0. The molecule has 0 radical (unpaired) electrons. The number of hydrogen-bond acceptors (Lipinski definition) is 2. The van der Waals surface area contributed by atoms with Crippen molar-refractivity contribution in [3.05, 3.63) is 65.2 Å². The molecular formula is C20H19F2N3O2. The minimum absolute atomic E-state index is 0.132. The van der Waals surface area contributed by atoms with Crippen molar-refractivity contribution in [3.8, 4) is 0 Å². The summed E-state index contributed by atoms with van der Waals surface area (Å²) in [7, 11) is 0. The van der Waals surface area contributed by atoms with Gasteiger partial charge in [0.1, 0.15) is 18.2 Å². The quantitative estimate of drug-likeness (QED) is 0.861. The molecular weight excluding hydrogens is 352 g/mol. The fraction of sp³-hybridized carbons (Fsp3) is 0.300. The number of carbonyl (C=O) groups is 2. The first-order chi connectivity index (χ1) is 12.9.